The quantitative estimate of drug-likeness (QED) is 0.153. The van der Waals surface area contributed by atoms with Crippen LogP contribution in [-0.4, -0.2) is 11.9 Å². The molecule has 0 fully saturated rings. The molecule has 186 valence electrons. The van der Waals surface area contributed by atoms with Crippen LogP contribution in [0.3, 0.4) is 0 Å². The van der Waals surface area contributed by atoms with E-state index in [1.807, 2.05) is 0 Å². The standard InChI is InChI=1S/C26H16F6O4/c1-3-21(33)35-17-9-5-15(6-10-17)19-13-14-20(24(26(30,31)32)23(19)25(27,28)29)16-7-11-18(12-8-16)36-22(34)4-2/h3-14H,1-2H2. The van der Waals surface area contributed by atoms with Crippen molar-refractivity contribution >= 4 is 11.9 Å². The highest BCUT2D eigenvalue weighted by Crippen LogP contribution is 2.49. The summed E-state index contributed by atoms with van der Waals surface area (Å²) in [7, 11) is 0. The Morgan fingerprint density at radius 1 is 0.583 bits per heavy atom. The van der Waals surface area contributed by atoms with Crippen LogP contribution in [0.15, 0.2) is 86.0 Å². The van der Waals surface area contributed by atoms with Gasteiger partial charge in [0.25, 0.3) is 0 Å². The number of ether oxygens (including phenoxy) is 2. The van der Waals surface area contributed by atoms with Gasteiger partial charge in [0.15, 0.2) is 0 Å². The molecule has 3 aromatic rings. The summed E-state index contributed by atoms with van der Waals surface area (Å²) in [5.41, 5.74) is -5.52. The Labute approximate surface area is 201 Å². The molecule has 4 nitrogen and oxygen atoms in total. The maximum atomic E-state index is 14.1. The molecule has 0 atom stereocenters. The summed E-state index contributed by atoms with van der Waals surface area (Å²) in [5.74, 6) is -1.68. The maximum Gasteiger partial charge on any atom is 0.417 e. The van der Waals surface area contributed by atoms with Crippen molar-refractivity contribution in [2.45, 2.75) is 12.4 Å². The molecular formula is C26H16F6O4. The summed E-state index contributed by atoms with van der Waals surface area (Å²) >= 11 is 0. The monoisotopic (exact) mass is 506 g/mol. The molecule has 0 aliphatic heterocycles. The molecule has 0 radical (unpaired) electrons. The Hall–Kier alpha value is -4.34. The first kappa shape index (κ1) is 26.3. The van der Waals surface area contributed by atoms with Gasteiger partial charge in [0, 0.05) is 12.2 Å². The molecule has 0 aliphatic rings. The van der Waals surface area contributed by atoms with Gasteiger partial charge < -0.3 is 9.47 Å². The summed E-state index contributed by atoms with van der Waals surface area (Å²) in [6.07, 6.45) is -8.99. The van der Waals surface area contributed by atoms with Crippen LogP contribution in [0.5, 0.6) is 11.5 Å². The van der Waals surface area contributed by atoms with Gasteiger partial charge in [-0.1, -0.05) is 49.6 Å². The summed E-state index contributed by atoms with van der Waals surface area (Å²) in [5, 5.41) is 0. The van der Waals surface area contributed by atoms with Crippen molar-refractivity contribution in [1.82, 2.24) is 0 Å². The molecule has 0 saturated carbocycles. The minimum Gasteiger partial charge on any atom is -0.423 e. The Morgan fingerprint density at radius 3 is 1.14 bits per heavy atom. The first-order chi connectivity index (χ1) is 16.8. The van der Waals surface area contributed by atoms with E-state index in [0.29, 0.717) is 0 Å². The topological polar surface area (TPSA) is 52.6 Å². The van der Waals surface area contributed by atoms with Crippen molar-refractivity contribution in [3.05, 3.63) is 97.1 Å². The van der Waals surface area contributed by atoms with Crippen LogP contribution in [0.25, 0.3) is 22.3 Å². The zero-order chi connectivity index (χ0) is 26.7. The van der Waals surface area contributed by atoms with Crippen LogP contribution in [0.2, 0.25) is 0 Å². The van der Waals surface area contributed by atoms with Gasteiger partial charge >= 0.3 is 24.3 Å². The van der Waals surface area contributed by atoms with Crippen molar-refractivity contribution in [2.24, 2.45) is 0 Å². The molecule has 0 aliphatic carbocycles. The molecule has 0 spiro atoms. The summed E-state index contributed by atoms with van der Waals surface area (Å²) in [6, 6.07) is 10.9. The van der Waals surface area contributed by atoms with Crippen LogP contribution < -0.4 is 9.47 Å². The van der Waals surface area contributed by atoms with Gasteiger partial charge in [-0.2, -0.15) is 26.3 Å². The van der Waals surface area contributed by atoms with Crippen LogP contribution in [0, 0.1) is 0 Å². The van der Waals surface area contributed by atoms with E-state index in [4.69, 9.17) is 9.47 Å². The second-order valence-corrected chi connectivity index (χ2v) is 7.21. The number of carbonyl (C=O) groups is 2. The predicted molar refractivity (Wildman–Crippen MR) is 119 cm³/mol. The molecule has 10 heteroatoms. The second kappa shape index (κ2) is 10.1. The lowest BCUT2D eigenvalue weighted by Crippen LogP contribution is -2.19. The molecule has 0 heterocycles. The molecule has 0 unspecified atom stereocenters. The normalized spacial score (nSPS) is 11.5. The van der Waals surface area contributed by atoms with Crippen LogP contribution in [0.1, 0.15) is 11.1 Å². The number of benzene rings is 3. The smallest absolute Gasteiger partial charge is 0.417 e. The molecule has 0 amide bonds. The lowest BCUT2D eigenvalue weighted by molar-refractivity contribution is -0.161. The second-order valence-electron chi connectivity index (χ2n) is 7.21. The molecule has 0 N–H and O–H groups in total. The van der Waals surface area contributed by atoms with Crippen LogP contribution in [0.4, 0.5) is 26.3 Å². The Bertz CT molecular complexity index is 1200. The van der Waals surface area contributed by atoms with Crippen LogP contribution >= 0.6 is 0 Å². The van der Waals surface area contributed by atoms with E-state index >= 15 is 0 Å². The van der Waals surface area contributed by atoms with E-state index in [-0.39, 0.29) is 22.6 Å². The number of carbonyl (C=O) groups excluding carboxylic acids is 2. The Balaban J connectivity index is 2.18. The number of halogens is 6. The first-order valence-electron chi connectivity index (χ1n) is 10.1. The number of hydrogen-bond acceptors (Lipinski definition) is 4. The van der Waals surface area contributed by atoms with E-state index < -0.39 is 46.5 Å². The summed E-state index contributed by atoms with van der Waals surface area (Å²) in [4.78, 5) is 22.6. The lowest BCUT2D eigenvalue weighted by atomic mass is 9.88. The fraction of sp³-hybridized carbons (Fsp3) is 0.0769. The third-order valence-corrected chi connectivity index (χ3v) is 4.87. The van der Waals surface area contributed by atoms with E-state index in [9.17, 15) is 35.9 Å². The highest BCUT2D eigenvalue weighted by Gasteiger charge is 2.47. The molecule has 3 rings (SSSR count). The van der Waals surface area contributed by atoms with E-state index in [1.165, 1.54) is 0 Å². The fourth-order valence-corrected chi connectivity index (χ4v) is 3.39. The van der Waals surface area contributed by atoms with Gasteiger partial charge in [-0.25, -0.2) is 9.59 Å². The molecule has 0 bridgehead atoms. The molecule has 0 saturated heterocycles. The molecule has 0 aromatic heterocycles. The number of esters is 2. The summed E-state index contributed by atoms with van der Waals surface area (Å²) < 4.78 is 94.4. The van der Waals surface area contributed by atoms with E-state index in [0.717, 1.165) is 72.8 Å². The average molecular weight is 506 g/mol. The average Bonchev–Trinajstić information content (AvgIpc) is 2.83. The first-order valence-corrected chi connectivity index (χ1v) is 10.1. The van der Waals surface area contributed by atoms with Gasteiger partial charge in [-0.3, -0.25) is 0 Å². The lowest BCUT2D eigenvalue weighted by Gasteiger charge is -2.23. The zero-order valence-corrected chi connectivity index (χ0v) is 18.2. The van der Waals surface area contributed by atoms with Crippen molar-refractivity contribution in [1.29, 1.82) is 0 Å². The molecule has 3 aromatic carbocycles. The zero-order valence-electron chi connectivity index (χ0n) is 18.2. The van der Waals surface area contributed by atoms with Gasteiger partial charge in [0.05, 0.1) is 11.1 Å². The molecular weight excluding hydrogens is 490 g/mol. The van der Waals surface area contributed by atoms with Crippen molar-refractivity contribution in [3.8, 4) is 33.8 Å². The van der Waals surface area contributed by atoms with Crippen molar-refractivity contribution in [2.75, 3.05) is 0 Å². The minimum atomic E-state index is -5.37. The molecule has 36 heavy (non-hydrogen) atoms. The number of rotatable bonds is 6. The Morgan fingerprint density at radius 2 is 0.889 bits per heavy atom. The van der Waals surface area contributed by atoms with Crippen LogP contribution in [-0.2, 0) is 21.9 Å². The largest absolute Gasteiger partial charge is 0.423 e. The number of alkyl halides is 6. The van der Waals surface area contributed by atoms with Crippen molar-refractivity contribution in [3.63, 3.8) is 0 Å². The fourth-order valence-electron chi connectivity index (χ4n) is 3.39. The highest BCUT2D eigenvalue weighted by atomic mass is 19.4. The van der Waals surface area contributed by atoms with E-state index in [1.54, 1.807) is 0 Å². The van der Waals surface area contributed by atoms with Gasteiger partial charge in [-0.05, 0) is 46.5 Å². The van der Waals surface area contributed by atoms with Gasteiger partial charge in [0.2, 0.25) is 0 Å². The third kappa shape index (κ3) is 5.83. The summed E-state index contributed by atoms with van der Waals surface area (Å²) in [6.45, 7) is 6.43. The Kier molecular flexibility index (Phi) is 7.37. The van der Waals surface area contributed by atoms with Gasteiger partial charge in [0.1, 0.15) is 11.5 Å². The minimum absolute atomic E-state index is 0.0258. The third-order valence-electron chi connectivity index (χ3n) is 4.87. The van der Waals surface area contributed by atoms with E-state index in [2.05, 4.69) is 13.2 Å². The predicted octanol–water partition coefficient (Wildman–Crippen LogP) is 7.24. The highest BCUT2D eigenvalue weighted by molar-refractivity contribution is 5.84. The van der Waals surface area contributed by atoms with Crippen molar-refractivity contribution < 1.29 is 45.4 Å². The number of hydrogen-bond donors (Lipinski definition) is 0. The maximum absolute atomic E-state index is 14.1. The van der Waals surface area contributed by atoms with Gasteiger partial charge in [-0.15, -0.1) is 0 Å². The SMILES string of the molecule is C=CC(=O)Oc1ccc(-c2ccc(-c3ccc(OC(=O)C=C)cc3)c(C(F)(F)F)c2C(F)(F)F)cc1.